The van der Waals surface area contributed by atoms with Crippen LogP contribution in [0.4, 0.5) is 0 Å². The Morgan fingerprint density at radius 2 is 2.50 bits per heavy atom. The van der Waals surface area contributed by atoms with Crippen molar-refractivity contribution in [3.8, 4) is 0 Å². The van der Waals surface area contributed by atoms with Crippen LogP contribution in [0.25, 0.3) is 10.4 Å². The van der Waals surface area contributed by atoms with Gasteiger partial charge in [0.1, 0.15) is 5.54 Å². The summed E-state index contributed by atoms with van der Waals surface area (Å²) in [5.41, 5.74) is 12.9. The lowest BCUT2D eigenvalue weighted by atomic mass is 9.95. The van der Waals surface area contributed by atoms with E-state index in [1.807, 2.05) is 7.05 Å². The molecule has 16 heavy (non-hydrogen) atoms. The quantitative estimate of drug-likeness (QED) is 0.294. The van der Waals surface area contributed by atoms with Crippen molar-refractivity contribution in [3.63, 3.8) is 0 Å². The van der Waals surface area contributed by atoms with Crippen molar-refractivity contribution in [2.45, 2.75) is 24.9 Å². The van der Waals surface area contributed by atoms with E-state index in [2.05, 4.69) is 27.2 Å². The predicted octanol–water partition coefficient (Wildman–Crippen LogP) is -0.166. The van der Waals surface area contributed by atoms with Crippen molar-refractivity contribution < 1.29 is 4.79 Å². The van der Waals surface area contributed by atoms with Crippen molar-refractivity contribution in [2.75, 3.05) is 26.7 Å². The fourth-order valence-corrected chi connectivity index (χ4v) is 2.09. The van der Waals surface area contributed by atoms with E-state index >= 15 is 0 Å². The summed E-state index contributed by atoms with van der Waals surface area (Å²) in [6.45, 7) is 3.44. The third-order valence-electron chi connectivity index (χ3n) is 3.13. The first kappa shape index (κ1) is 12.8. The van der Waals surface area contributed by atoms with Gasteiger partial charge in [-0.05, 0) is 25.9 Å². The van der Waals surface area contributed by atoms with Gasteiger partial charge in [-0.2, -0.15) is 0 Å². The smallest absolute Gasteiger partial charge is 0.239 e. The van der Waals surface area contributed by atoms with E-state index in [0.29, 0.717) is 32.1 Å². The summed E-state index contributed by atoms with van der Waals surface area (Å²) in [7, 11) is 1.96. The summed E-state index contributed by atoms with van der Waals surface area (Å²) < 4.78 is 0. The Hall–Kier alpha value is -1.30. The first-order valence-corrected chi connectivity index (χ1v) is 5.28. The number of carbonyl (C=O) groups excluding carboxylic acids is 1. The zero-order valence-corrected chi connectivity index (χ0v) is 9.68. The van der Waals surface area contributed by atoms with Gasteiger partial charge in [0.15, 0.2) is 0 Å². The Bertz CT molecular complexity index is 301. The number of likely N-dealkylation sites (tertiary alicyclic amines) is 1. The summed E-state index contributed by atoms with van der Waals surface area (Å²) in [5, 5.41) is 6.52. The second-order valence-electron chi connectivity index (χ2n) is 4.30. The van der Waals surface area contributed by atoms with Gasteiger partial charge in [0, 0.05) is 30.6 Å². The summed E-state index contributed by atoms with van der Waals surface area (Å²) in [5.74, 6) is -0.343. The summed E-state index contributed by atoms with van der Waals surface area (Å²) in [4.78, 5) is 16.3. The summed E-state index contributed by atoms with van der Waals surface area (Å²) in [6.07, 6.45) is 0.690. The maximum atomic E-state index is 11.5. The molecular weight excluding hydrogens is 208 g/mol. The Morgan fingerprint density at radius 1 is 1.81 bits per heavy atom. The van der Waals surface area contributed by atoms with Gasteiger partial charge in [0.05, 0.1) is 0 Å². The molecule has 7 nitrogen and oxygen atoms in total. The van der Waals surface area contributed by atoms with Crippen molar-refractivity contribution in [1.82, 2.24) is 10.2 Å². The maximum absolute atomic E-state index is 11.5. The highest BCUT2D eigenvalue weighted by atomic mass is 16.1. The summed E-state index contributed by atoms with van der Waals surface area (Å²) >= 11 is 0. The van der Waals surface area contributed by atoms with Crippen molar-refractivity contribution in [3.05, 3.63) is 10.4 Å². The number of primary amides is 1. The number of rotatable bonds is 5. The molecule has 1 rings (SSSR count). The van der Waals surface area contributed by atoms with Gasteiger partial charge in [0.25, 0.3) is 0 Å². The number of likely N-dealkylation sites (N-methyl/N-ethyl adjacent to an activating group) is 1. The van der Waals surface area contributed by atoms with Crippen LogP contribution in [0, 0.1) is 0 Å². The van der Waals surface area contributed by atoms with E-state index in [-0.39, 0.29) is 5.91 Å². The van der Waals surface area contributed by atoms with Gasteiger partial charge in [-0.1, -0.05) is 5.11 Å². The molecule has 0 bridgehead atoms. The highest BCUT2D eigenvalue weighted by Crippen LogP contribution is 2.25. The Morgan fingerprint density at radius 3 is 2.94 bits per heavy atom. The molecule has 0 aliphatic carbocycles. The molecule has 2 unspecified atom stereocenters. The highest BCUT2D eigenvalue weighted by Gasteiger charge is 2.44. The number of amides is 1. The van der Waals surface area contributed by atoms with Crippen LogP contribution in [-0.2, 0) is 4.79 Å². The van der Waals surface area contributed by atoms with E-state index in [9.17, 15) is 4.79 Å². The molecule has 1 aliphatic rings. The van der Waals surface area contributed by atoms with E-state index < -0.39 is 5.54 Å². The van der Waals surface area contributed by atoms with Gasteiger partial charge in [-0.3, -0.25) is 4.79 Å². The van der Waals surface area contributed by atoms with Gasteiger partial charge < -0.3 is 16.0 Å². The predicted molar refractivity (Wildman–Crippen MR) is 60.7 cm³/mol. The molecule has 1 amide bonds. The first-order chi connectivity index (χ1) is 7.52. The minimum Gasteiger partial charge on any atom is -0.368 e. The van der Waals surface area contributed by atoms with Crippen LogP contribution in [0.5, 0.6) is 0 Å². The fourth-order valence-electron chi connectivity index (χ4n) is 2.09. The normalized spacial score (nSPS) is 30.0. The van der Waals surface area contributed by atoms with Gasteiger partial charge in [-0.25, -0.2) is 0 Å². The molecule has 0 radical (unpaired) electrons. The zero-order chi connectivity index (χ0) is 12.2. The monoisotopic (exact) mass is 226 g/mol. The molecule has 0 aromatic heterocycles. The number of carbonyl (C=O) groups is 1. The second-order valence-corrected chi connectivity index (χ2v) is 4.30. The van der Waals surface area contributed by atoms with E-state index in [1.54, 1.807) is 0 Å². The van der Waals surface area contributed by atoms with Crippen LogP contribution in [0.3, 0.4) is 0 Å². The SMILES string of the molecule is CC1CC(NCCN=[N+]=[N-])(C(N)=O)CN1C. The molecule has 1 aliphatic heterocycles. The molecule has 0 aromatic carbocycles. The lowest BCUT2D eigenvalue weighted by Gasteiger charge is -2.26. The third-order valence-corrected chi connectivity index (χ3v) is 3.13. The second kappa shape index (κ2) is 5.16. The Labute approximate surface area is 94.6 Å². The molecule has 1 fully saturated rings. The molecular formula is C9H18N6O. The maximum Gasteiger partial charge on any atom is 0.239 e. The van der Waals surface area contributed by atoms with Crippen LogP contribution >= 0.6 is 0 Å². The largest absolute Gasteiger partial charge is 0.368 e. The number of nitrogens with two attached hydrogens (primary N) is 1. The molecule has 7 heteroatoms. The minimum atomic E-state index is -0.681. The number of hydrogen-bond donors (Lipinski definition) is 2. The standard InChI is InChI=1S/C9H18N6O/c1-7-5-9(8(10)16,6-15(7)2)12-3-4-13-14-11/h7,12H,3-6H2,1-2H3,(H2,10,16). The van der Waals surface area contributed by atoms with Crippen molar-refractivity contribution in [2.24, 2.45) is 10.8 Å². The lowest BCUT2D eigenvalue weighted by molar-refractivity contribution is -0.124. The van der Waals surface area contributed by atoms with Gasteiger partial charge in [0.2, 0.25) is 5.91 Å². The lowest BCUT2D eigenvalue weighted by Crippen LogP contribution is -2.57. The van der Waals surface area contributed by atoms with Crippen LogP contribution in [0.1, 0.15) is 13.3 Å². The average Bonchev–Trinajstić information content (AvgIpc) is 2.51. The van der Waals surface area contributed by atoms with Crippen molar-refractivity contribution >= 4 is 5.91 Å². The van der Waals surface area contributed by atoms with Crippen LogP contribution in [0.15, 0.2) is 5.11 Å². The Balaban J connectivity index is 2.61. The average molecular weight is 226 g/mol. The molecule has 0 spiro atoms. The molecule has 2 atom stereocenters. The molecule has 1 heterocycles. The van der Waals surface area contributed by atoms with E-state index in [1.165, 1.54) is 0 Å². The van der Waals surface area contributed by atoms with Crippen molar-refractivity contribution in [1.29, 1.82) is 0 Å². The first-order valence-electron chi connectivity index (χ1n) is 5.28. The highest BCUT2D eigenvalue weighted by molar-refractivity contribution is 5.85. The zero-order valence-electron chi connectivity index (χ0n) is 9.68. The van der Waals surface area contributed by atoms with E-state index in [4.69, 9.17) is 11.3 Å². The molecule has 0 aromatic rings. The van der Waals surface area contributed by atoms with Crippen LogP contribution < -0.4 is 11.1 Å². The Kier molecular flexibility index (Phi) is 4.12. The van der Waals surface area contributed by atoms with Gasteiger partial charge in [-0.15, -0.1) is 0 Å². The summed E-state index contributed by atoms with van der Waals surface area (Å²) in [6, 6.07) is 0.319. The van der Waals surface area contributed by atoms with E-state index in [0.717, 1.165) is 0 Å². The van der Waals surface area contributed by atoms with Gasteiger partial charge >= 0.3 is 0 Å². The number of nitrogens with zero attached hydrogens (tertiary/aromatic N) is 4. The fraction of sp³-hybridized carbons (Fsp3) is 0.889. The molecule has 3 N–H and O–H groups in total. The number of nitrogens with one attached hydrogen (secondary N) is 1. The van der Waals surface area contributed by atoms with Crippen LogP contribution in [0.2, 0.25) is 0 Å². The molecule has 1 saturated heterocycles. The topological polar surface area (TPSA) is 107 Å². The third kappa shape index (κ3) is 2.63. The molecule has 90 valence electrons. The van der Waals surface area contributed by atoms with Crippen LogP contribution in [-0.4, -0.2) is 49.1 Å². The molecule has 0 saturated carbocycles. The minimum absolute atomic E-state index is 0.319. The number of hydrogen-bond acceptors (Lipinski definition) is 4. The number of azide groups is 1.